The number of aliphatic carboxylic acids is 1. The Labute approximate surface area is 119 Å². The molecular formula is C13H15BrN2O3. The number of likely N-dealkylation sites (tertiary alicyclic amines) is 1. The van der Waals surface area contributed by atoms with Crippen molar-refractivity contribution in [2.45, 2.75) is 6.92 Å². The van der Waals surface area contributed by atoms with Crippen LogP contribution in [-0.2, 0) is 9.59 Å². The lowest BCUT2D eigenvalue weighted by Gasteiger charge is -2.35. The number of amides is 1. The zero-order valence-corrected chi connectivity index (χ0v) is 12.1. The molecule has 0 atom stereocenters. The van der Waals surface area contributed by atoms with Crippen molar-refractivity contribution in [3.63, 3.8) is 0 Å². The lowest BCUT2D eigenvalue weighted by Crippen LogP contribution is -2.52. The second-order valence-corrected chi connectivity index (χ2v) is 5.65. The summed E-state index contributed by atoms with van der Waals surface area (Å²) in [6, 6.07) is 5.64. The summed E-state index contributed by atoms with van der Waals surface area (Å²) in [5.74, 6) is -1.24. The van der Waals surface area contributed by atoms with Crippen molar-refractivity contribution in [3.05, 3.63) is 28.2 Å². The van der Waals surface area contributed by atoms with E-state index in [1.807, 2.05) is 30.0 Å². The van der Waals surface area contributed by atoms with Crippen LogP contribution in [0, 0.1) is 12.8 Å². The lowest BCUT2D eigenvalue weighted by atomic mass is 10.0. The first kappa shape index (κ1) is 14.0. The second-order valence-electron chi connectivity index (χ2n) is 4.74. The SMILES string of the molecule is Cc1cc(Br)ccc1NC(=O)CN1CC(C(=O)O)C1. The molecule has 2 N–H and O–H groups in total. The van der Waals surface area contributed by atoms with Gasteiger partial charge in [-0.3, -0.25) is 14.5 Å². The average Bonchev–Trinajstić information content (AvgIpc) is 2.26. The summed E-state index contributed by atoms with van der Waals surface area (Å²) in [6.07, 6.45) is 0. The molecule has 0 aliphatic carbocycles. The number of carbonyl (C=O) groups excluding carboxylic acids is 1. The zero-order chi connectivity index (χ0) is 14.0. The Morgan fingerprint density at radius 1 is 1.47 bits per heavy atom. The molecule has 1 heterocycles. The van der Waals surface area contributed by atoms with Crippen LogP contribution >= 0.6 is 15.9 Å². The predicted octanol–water partition coefficient (Wildman–Crippen LogP) is 1.71. The number of hydrogen-bond donors (Lipinski definition) is 2. The first-order valence-electron chi connectivity index (χ1n) is 5.97. The van der Waals surface area contributed by atoms with E-state index in [4.69, 9.17) is 5.11 Å². The first-order chi connectivity index (χ1) is 8.95. The number of rotatable bonds is 4. The van der Waals surface area contributed by atoms with E-state index in [0.717, 1.165) is 15.7 Å². The zero-order valence-electron chi connectivity index (χ0n) is 10.5. The van der Waals surface area contributed by atoms with Gasteiger partial charge in [0.1, 0.15) is 0 Å². The van der Waals surface area contributed by atoms with Gasteiger partial charge >= 0.3 is 5.97 Å². The van der Waals surface area contributed by atoms with Crippen molar-refractivity contribution < 1.29 is 14.7 Å². The maximum atomic E-state index is 11.8. The number of anilines is 1. The van der Waals surface area contributed by atoms with Gasteiger partial charge < -0.3 is 10.4 Å². The molecule has 1 fully saturated rings. The van der Waals surface area contributed by atoms with E-state index in [0.29, 0.717) is 13.1 Å². The van der Waals surface area contributed by atoms with Crippen molar-refractivity contribution in [2.75, 3.05) is 25.0 Å². The van der Waals surface area contributed by atoms with E-state index >= 15 is 0 Å². The molecule has 0 radical (unpaired) electrons. The highest BCUT2D eigenvalue weighted by Gasteiger charge is 2.33. The van der Waals surface area contributed by atoms with Crippen LogP contribution in [-0.4, -0.2) is 41.5 Å². The van der Waals surface area contributed by atoms with Crippen LogP contribution in [0.3, 0.4) is 0 Å². The summed E-state index contributed by atoms with van der Waals surface area (Å²) in [5, 5.41) is 11.6. The molecule has 6 heteroatoms. The predicted molar refractivity (Wildman–Crippen MR) is 75.1 cm³/mol. The summed E-state index contributed by atoms with van der Waals surface area (Å²) in [6.45, 7) is 3.05. The van der Waals surface area contributed by atoms with Gasteiger partial charge in [-0.2, -0.15) is 0 Å². The fraction of sp³-hybridized carbons (Fsp3) is 0.385. The highest BCUT2D eigenvalue weighted by molar-refractivity contribution is 9.10. The van der Waals surface area contributed by atoms with Gasteiger partial charge in [-0.25, -0.2) is 0 Å². The van der Waals surface area contributed by atoms with E-state index in [-0.39, 0.29) is 18.4 Å². The summed E-state index contributed by atoms with van der Waals surface area (Å²) >= 11 is 3.37. The first-order valence-corrected chi connectivity index (χ1v) is 6.76. The molecule has 1 aromatic carbocycles. The van der Waals surface area contributed by atoms with Crippen molar-refractivity contribution in [1.29, 1.82) is 0 Å². The molecule has 0 unspecified atom stereocenters. The Morgan fingerprint density at radius 3 is 2.74 bits per heavy atom. The lowest BCUT2D eigenvalue weighted by molar-refractivity contribution is -0.148. The molecule has 0 saturated carbocycles. The van der Waals surface area contributed by atoms with Crippen LogP contribution in [0.2, 0.25) is 0 Å². The number of benzene rings is 1. The second kappa shape index (κ2) is 5.71. The van der Waals surface area contributed by atoms with E-state index in [1.165, 1.54) is 0 Å². The molecule has 0 bridgehead atoms. The number of halogens is 1. The van der Waals surface area contributed by atoms with Crippen LogP contribution in [0.25, 0.3) is 0 Å². The maximum Gasteiger partial charge on any atom is 0.309 e. The number of nitrogens with zero attached hydrogens (tertiary/aromatic N) is 1. The average molecular weight is 327 g/mol. The van der Waals surface area contributed by atoms with Gasteiger partial charge in [0, 0.05) is 23.2 Å². The molecule has 2 rings (SSSR count). The van der Waals surface area contributed by atoms with Gasteiger partial charge in [-0.15, -0.1) is 0 Å². The third-order valence-corrected chi connectivity index (χ3v) is 3.63. The summed E-state index contributed by atoms with van der Waals surface area (Å²) in [4.78, 5) is 24.3. The minimum absolute atomic E-state index is 0.116. The van der Waals surface area contributed by atoms with E-state index in [9.17, 15) is 9.59 Å². The molecule has 1 saturated heterocycles. The number of carbonyl (C=O) groups is 2. The molecule has 5 nitrogen and oxygen atoms in total. The third kappa shape index (κ3) is 3.54. The molecule has 0 aromatic heterocycles. The van der Waals surface area contributed by atoms with Crippen LogP contribution in [0.5, 0.6) is 0 Å². The third-order valence-electron chi connectivity index (χ3n) is 3.14. The van der Waals surface area contributed by atoms with Crippen LogP contribution in [0.1, 0.15) is 5.56 Å². The van der Waals surface area contributed by atoms with E-state index < -0.39 is 5.97 Å². The van der Waals surface area contributed by atoms with Gasteiger partial charge in [-0.1, -0.05) is 15.9 Å². The largest absolute Gasteiger partial charge is 0.481 e. The number of carboxylic acids is 1. The quantitative estimate of drug-likeness (QED) is 0.883. The summed E-state index contributed by atoms with van der Waals surface area (Å²) < 4.78 is 0.968. The van der Waals surface area contributed by atoms with Gasteiger partial charge in [0.15, 0.2) is 0 Å². The van der Waals surface area contributed by atoms with E-state index in [1.54, 1.807) is 0 Å². The Bertz CT molecular complexity index is 513. The smallest absolute Gasteiger partial charge is 0.309 e. The fourth-order valence-electron chi connectivity index (χ4n) is 2.02. The normalized spacial score (nSPS) is 15.9. The summed E-state index contributed by atoms with van der Waals surface area (Å²) in [7, 11) is 0. The molecule has 19 heavy (non-hydrogen) atoms. The minimum Gasteiger partial charge on any atom is -0.481 e. The summed E-state index contributed by atoms with van der Waals surface area (Å²) in [5.41, 5.74) is 1.76. The Kier molecular flexibility index (Phi) is 4.21. The number of aryl methyl sites for hydroxylation is 1. The Hall–Kier alpha value is -1.40. The molecule has 0 spiro atoms. The number of hydrogen-bond acceptors (Lipinski definition) is 3. The molecule has 102 valence electrons. The van der Waals surface area contributed by atoms with Crippen LogP contribution in [0.15, 0.2) is 22.7 Å². The molecule has 1 aliphatic rings. The fourth-order valence-corrected chi connectivity index (χ4v) is 2.49. The van der Waals surface area contributed by atoms with E-state index in [2.05, 4.69) is 21.2 Å². The van der Waals surface area contributed by atoms with Gasteiger partial charge in [0.05, 0.1) is 12.5 Å². The topological polar surface area (TPSA) is 69.6 Å². The van der Waals surface area contributed by atoms with Crippen molar-refractivity contribution in [2.24, 2.45) is 5.92 Å². The number of nitrogens with one attached hydrogen (secondary N) is 1. The molecule has 1 aliphatic heterocycles. The highest BCUT2D eigenvalue weighted by atomic mass is 79.9. The maximum absolute atomic E-state index is 11.8. The Morgan fingerprint density at radius 2 is 2.16 bits per heavy atom. The minimum atomic E-state index is -0.791. The van der Waals surface area contributed by atoms with Gasteiger partial charge in [-0.05, 0) is 30.7 Å². The standard InChI is InChI=1S/C13H15BrN2O3/c1-8-4-10(14)2-3-11(8)15-12(17)7-16-5-9(6-16)13(18)19/h2-4,9H,5-7H2,1H3,(H,15,17)(H,18,19). The van der Waals surface area contributed by atoms with Gasteiger partial charge in [0.25, 0.3) is 0 Å². The van der Waals surface area contributed by atoms with Crippen LogP contribution < -0.4 is 5.32 Å². The molecular weight excluding hydrogens is 312 g/mol. The number of carboxylic acid groups (broad SMARTS) is 1. The molecule has 1 amide bonds. The van der Waals surface area contributed by atoms with Crippen LogP contribution in [0.4, 0.5) is 5.69 Å². The molecule has 1 aromatic rings. The van der Waals surface area contributed by atoms with Crippen molar-refractivity contribution in [3.8, 4) is 0 Å². The van der Waals surface area contributed by atoms with Crippen molar-refractivity contribution >= 4 is 33.5 Å². The Balaban J connectivity index is 1.84. The monoisotopic (exact) mass is 326 g/mol. The van der Waals surface area contributed by atoms with Gasteiger partial charge in [0.2, 0.25) is 5.91 Å². The highest BCUT2D eigenvalue weighted by Crippen LogP contribution is 2.20. The van der Waals surface area contributed by atoms with Crippen molar-refractivity contribution in [1.82, 2.24) is 4.90 Å².